The highest BCUT2D eigenvalue weighted by Gasteiger charge is 2.38. The minimum Gasteiger partial charge on any atom is -0.463 e. The van der Waals surface area contributed by atoms with E-state index in [9.17, 15) is 19.3 Å². The number of thiocarbonyl (C=S) groups is 1. The van der Waals surface area contributed by atoms with Gasteiger partial charge in [0.05, 0.1) is 33.7 Å². The van der Waals surface area contributed by atoms with E-state index >= 15 is 0 Å². The second-order valence-corrected chi connectivity index (χ2v) is 7.15. The summed E-state index contributed by atoms with van der Waals surface area (Å²) in [6, 6.07) is 9.21. The zero-order valence-electron chi connectivity index (χ0n) is 16.0. The first-order chi connectivity index (χ1) is 14.3. The number of halogens is 2. The smallest absolute Gasteiger partial charge is 0.338 e. The molecule has 1 N–H and O–H groups in total. The first kappa shape index (κ1) is 21.7. The van der Waals surface area contributed by atoms with Crippen molar-refractivity contribution in [2.24, 2.45) is 0 Å². The third kappa shape index (κ3) is 3.99. The highest BCUT2D eigenvalue weighted by atomic mass is 35.5. The molecule has 0 saturated carbocycles. The Bertz CT molecular complexity index is 1080. The van der Waals surface area contributed by atoms with Gasteiger partial charge in [0.1, 0.15) is 5.82 Å². The predicted octanol–water partition coefficient (Wildman–Crippen LogP) is 4.66. The summed E-state index contributed by atoms with van der Waals surface area (Å²) < 4.78 is 18.8. The van der Waals surface area contributed by atoms with Crippen LogP contribution in [0.2, 0.25) is 5.02 Å². The van der Waals surface area contributed by atoms with Crippen LogP contribution in [0.5, 0.6) is 0 Å². The van der Waals surface area contributed by atoms with Crippen molar-refractivity contribution < 1.29 is 18.8 Å². The van der Waals surface area contributed by atoms with Gasteiger partial charge in [-0.2, -0.15) is 0 Å². The van der Waals surface area contributed by atoms with Gasteiger partial charge >= 0.3 is 5.97 Å². The SMILES string of the molecule is CCOC(=O)C1=C(C)N(c2ccc(F)c(Cl)c2)C(=S)NC1c1ccccc1[N+](=O)[O-]. The second-order valence-electron chi connectivity index (χ2n) is 6.35. The van der Waals surface area contributed by atoms with Gasteiger partial charge < -0.3 is 10.1 Å². The van der Waals surface area contributed by atoms with Gasteiger partial charge in [-0.1, -0.05) is 23.7 Å². The number of nitrogens with one attached hydrogen (secondary N) is 1. The average Bonchev–Trinajstić information content (AvgIpc) is 2.70. The molecule has 0 fully saturated rings. The zero-order valence-corrected chi connectivity index (χ0v) is 17.6. The zero-order chi connectivity index (χ0) is 22.0. The number of allylic oxidation sites excluding steroid dienone is 1. The number of para-hydroxylation sites is 1. The lowest BCUT2D eigenvalue weighted by Crippen LogP contribution is -2.48. The summed E-state index contributed by atoms with van der Waals surface area (Å²) in [7, 11) is 0. The minimum absolute atomic E-state index is 0.110. The van der Waals surface area contributed by atoms with Crippen LogP contribution >= 0.6 is 23.8 Å². The van der Waals surface area contributed by atoms with Gasteiger partial charge in [-0.25, -0.2) is 9.18 Å². The molecule has 1 atom stereocenters. The molecule has 0 aliphatic carbocycles. The number of benzene rings is 2. The van der Waals surface area contributed by atoms with Gasteiger partial charge in [-0.3, -0.25) is 15.0 Å². The van der Waals surface area contributed by atoms with Crippen LogP contribution in [0.4, 0.5) is 15.8 Å². The molecular weight excluding hydrogens is 433 g/mol. The monoisotopic (exact) mass is 449 g/mol. The van der Waals surface area contributed by atoms with E-state index in [-0.39, 0.29) is 33.6 Å². The molecule has 1 unspecified atom stereocenters. The fourth-order valence-electron chi connectivity index (χ4n) is 3.28. The van der Waals surface area contributed by atoms with Crippen molar-refractivity contribution in [2.45, 2.75) is 19.9 Å². The summed E-state index contributed by atoms with van der Waals surface area (Å²) in [6.45, 7) is 3.41. The van der Waals surface area contributed by atoms with Crippen LogP contribution in [-0.4, -0.2) is 22.6 Å². The summed E-state index contributed by atoms with van der Waals surface area (Å²) in [4.78, 5) is 25.4. The van der Waals surface area contributed by atoms with Crippen molar-refractivity contribution in [3.63, 3.8) is 0 Å². The van der Waals surface area contributed by atoms with Gasteiger partial charge in [0.25, 0.3) is 5.69 Å². The van der Waals surface area contributed by atoms with Gasteiger partial charge in [0.15, 0.2) is 5.11 Å². The van der Waals surface area contributed by atoms with E-state index in [0.29, 0.717) is 11.4 Å². The third-order valence-corrected chi connectivity index (χ3v) is 5.18. The molecule has 30 heavy (non-hydrogen) atoms. The van der Waals surface area contributed by atoms with Crippen LogP contribution in [0.1, 0.15) is 25.5 Å². The maximum atomic E-state index is 13.6. The minimum atomic E-state index is -0.898. The number of nitrogens with zero attached hydrogens (tertiary/aromatic N) is 2. The van der Waals surface area contributed by atoms with E-state index in [1.54, 1.807) is 26.0 Å². The fourth-order valence-corrected chi connectivity index (χ4v) is 3.82. The van der Waals surface area contributed by atoms with E-state index in [0.717, 1.165) is 0 Å². The highest BCUT2D eigenvalue weighted by molar-refractivity contribution is 7.80. The maximum Gasteiger partial charge on any atom is 0.338 e. The van der Waals surface area contributed by atoms with Crippen LogP contribution in [0.15, 0.2) is 53.7 Å². The van der Waals surface area contributed by atoms with Crippen molar-refractivity contribution in [1.82, 2.24) is 5.32 Å². The molecule has 1 aliphatic rings. The Morgan fingerprint density at radius 2 is 2.07 bits per heavy atom. The Kier molecular flexibility index (Phi) is 6.33. The molecule has 156 valence electrons. The number of carbonyl (C=O) groups excluding carboxylic acids is 1. The second kappa shape index (κ2) is 8.76. The van der Waals surface area contributed by atoms with Gasteiger partial charge in [0, 0.05) is 17.5 Å². The molecule has 0 saturated heterocycles. The summed E-state index contributed by atoms with van der Waals surface area (Å²) in [5.74, 6) is -1.24. The van der Waals surface area contributed by atoms with Crippen molar-refractivity contribution >= 4 is 46.3 Å². The number of carbonyl (C=O) groups is 1. The number of anilines is 1. The van der Waals surface area contributed by atoms with E-state index in [1.807, 2.05) is 0 Å². The van der Waals surface area contributed by atoms with Gasteiger partial charge in [-0.05, 0) is 50.3 Å². The van der Waals surface area contributed by atoms with Crippen LogP contribution in [0.3, 0.4) is 0 Å². The largest absolute Gasteiger partial charge is 0.463 e. The number of esters is 1. The van der Waals surface area contributed by atoms with Crippen molar-refractivity contribution in [3.05, 3.63) is 80.3 Å². The Morgan fingerprint density at radius 1 is 1.37 bits per heavy atom. The van der Waals surface area contributed by atoms with Crippen molar-refractivity contribution in [3.8, 4) is 0 Å². The average molecular weight is 450 g/mol. The van der Waals surface area contributed by atoms with E-state index in [2.05, 4.69) is 5.32 Å². The predicted molar refractivity (Wildman–Crippen MR) is 115 cm³/mol. The quantitative estimate of drug-likeness (QED) is 0.307. The van der Waals surface area contributed by atoms with Crippen LogP contribution in [-0.2, 0) is 9.53 Å². The molecule has 0 aromatic heterocycles. The number of rotatable bonds is 5. The first-order valence-electron chi connectivity index (χ1n) is 8.93. The normalized spacial score (nSPS) is 16.3. The summed E-state index contributed by atoms with van der Waals surface area (Å²) >= 11 is 11.4. The molecule has 0 amide bonds. The molecule has 3 rings (SSSR count). The van der Waals surface area contributed by atoms with Crippen LogP contribution in [0.25, 0.3) is 0 Å². The molecule has 1 heterocycles. The van der Waals surface area contributed by atoms with Gasteiger partial charge in [0.2, 0.25) is 0 Å². The highest BCUT2D eigenvalue weighted by Crippen LogP contribution is 2.38. The number of nitro benzene ring substituents is 1. The van der Waals surface area contributed by atoms with Crippen LogP contribution < -0.4 is 10.2 Å². The van der Waals surface area contributed by atoms with E-state index < -0.39 is 22.8 Å². The van der Waals surface area contributed by atoms with Gasteiger partial charge in [-0.15, -0.1) is 0 Å². The number of nitro groups is 1. The summed E-state index contributed by atoms with van der Waals surface area (Å²) in [5.41, 5.74) is 1.08. The molecular formula is C20H17ClFN3O4S. The van der Waals surface area contributed by atoms with Crippen LogP contribution in [0, 0.1) is 15.9 Å². The standard InChI is InChI=1S/C20H17ClFN3O4S/c1-3-29-19(26)17-11(2)24(12-8-9-15(22)14(21)10-12)20(30)23-18(17)13-6-4-5-7-16(13)25(27)28/h4-10,18H,3H2,1-2H3,(H,23,30). The molecule has 7 nitrogen and oxygen atoms in total. The molecule has 10 heteroatoms. The molecule has 0 bridgehead atoms. The fraction of sp³-hybridized carbons (Fsp3) is 0.200. The summed E-state index contributed by atoms with van der Waals surface area (Å²) in [5, 5.41) is 14.6. The number of hydrogen-bond acceptors (Lipinski definition) is 5. The first-order valence-corrected chi connectivity index (χ1v) is 9.71. The molecule has 0 spiro atoms. The van der Waals surface area contributed by atoms with Crippen molar-refractivity contribution in [2.75, 3.05) is 11.5 Å². The lowest BCUT2D eigenvalue weighted by Gasteiger charge is -2.37. The number of hydrogen-bond donors (Lipinski definition) is 1. The molecule has 0 radical (unpaired) electrons. The number of ether oxygens (including phenoxy) is 1. The lowest BCUT2D eigenvalue weighted by atomic mass is 9.93. The Labute approximate surface area is 182 Å². The summed E-state index contributed by atoms with van der Waals surface area (Å²) in [6.07, 6.45) is 0. The topological polar surface area (TPSA) is 84.7 Å². The molecule has 2 aromatic carbocycles. The molecule has 2 aromatic rings. The Hall–Kier alpha value is -3.04. The van der Waals surface area contributed by atoms with Crippen molar-refractivity contribution in [1.29, 1.82) is 0 Å². The Balaban J connectivity index is 2.20. The third-order valence-electron chi connectivity index (χ3n) is 4.59. The van der Waals surface area contributed by atoms with E-state index in [1.165, 1.54) is 35.2 Å². The Morgan fingerprint density at radius 3 is 2.70 bits per heavy atom. The lowest BCUT2D eigenvalue weighted by molar-refractivity contribution is -0.385. The maximum absolute atomic E-state index is 13.6. The molecule has 1 aliphatic heterocycles. The van der Waals surface area contributed by atoms with E-state index in [4.69, 9.17) is 28.6 Å².